The second-order valence-electron chi connectivity index (χ2n) is 4.62. The number of carbonyl (C=O) groups excluding carboxylic acids is 3. The van der Waals surface area contributed by atoms with Crippen LogP contribution in [0.2, 0.25) is 0 Å². The molecule has 1 N–H and O–H groups in total. The topological polar surface area (TPSA) is 75.7 Å². The highest BCUT2D eigenvalue weighted by atomic mass is 32.2. The second kappa shape index (κ2) is 8.15. The van der Waals surface area contributed by atoms with Crippen LogP contribution in [-0.2, 0) is 14.3 Å². The van der Waals surface area contributed by atoms with Gasteiger partial charge in [0.15, 0.2) is 6.61 Å². The van der Waals surface area contributed by atoms with Crippen molar-refractivity contribution in [2.45, 2.75) is 0 Å². The van der Waals surface area contributed by atoms with Crippen LogP contribution in [0.3, 0.4) is 0 Å². The van der Waals surface area contributed by atoms with E-state index in [9.17, 15) is 23.2 Å². The number of amides is 2. The van der Waals surface area contributed by atoms with Gasteiger partial charge in [-0.25, -0.2) is 13.6 Å². The maximum atomic E-state index is 13.4. The first-order valence-corrected chi connectivity index (χ1v) is 8.14. The van der Waals surface area contributed by atoms with Crippen molar-refractivity contribution in [1.82, 2.24) is 10.2 Å². The highest BCUT2D eigenvalue weighted by molar-refractivity contribution is 8.23. The minimum Gasteiger partial charge on any atom is -0.452 e. The summed E-state index contributed by atoms with van der Waals surface area (Å²) in [6, 6.07) is 2.93. The van der Waals surface area contributed by atoms with Crippen molar-refractivity contribution in [3.63, 3.8) is 0 Å². The molecule has 1 aliphatic rings. The molecule has 2 rings (SSSR count). The molecule has 0 spiro atoms. The number of nitrogens with zero attached hydrogens (tertiary/aromatic N) is 1. The van der Waals surface area contributed by atoms with Gasteiger partial charge in [-0.05, 0) is 12.1 Å². The van der Waals surface area contributed by atoms with Crippen LogP contribution in [0.15, 0.2) is 18.2 Å². The van der Waals surface area contributed by atoms with E-state index in [-0.39, 0.29) is 24.7 Å². The first-order valence-electron chi connectivity index (χ1n) is 6.75. The van der Waals surface area contributed by atoms with Crippen LogP contribution in [0.25, 0.3) is 0 Å². The fourth-order valence-corrected chi connectivity index (χ4v) is 2.97. The predicted octanol–water partition coefficient (Wildman–Crippen LogP) is 1.10. The lowest BCUT2D eigenvalue weighted by atomic mass is 10.2. The maximum absolute atomic E-state index is 13.4. The lowest BCUT2D eigenvalue weighted by molar-refractivity contribution is -0.126. The summed E-state index contributed by atoms with van der Waals surface area (Å²) in [7, 11) is 0. The Morgan fingerprint density at radius 2 is 2.00 bits per heavy atom. The molecule has 1 aromatic rings. The third-order valence-corrected chi connectivity index (χ3v) is 4.43. The Bertz CT molecular complexity index is 663. The van der Waals surface area contributed by atoms with Gasteiger partial charge in [0.25, 0.3) is 5.91 Å². The lowest BCUT2D eigenvalue weighted by Gasteiger charge is -2.15. The molecule has 0 aliphatic carbocycles. The minimum absolute atomic E-state index is 0.108. The van der Waals surface area contributed by atoms with Crippen LogP contribution in [0.5, 0.6) is 0 Å². The van der Waals surface area contributed by atoms with Crippen molar-refractivity contribution < 1.29 is 27.9 Å². The van der Waals surface area contributed by atoms with Gasteiger partial charge in [0.2, 0.25) is 5.91 Å². The Balaban J connectivity index is 1.76. The summed E-state index contributed by atoms with van der Waals surface area (Å²) in [6.45, 7) is -0.386. The molecule has 128 valence electrons. The zero-order valence-corrected chi connectivity index (χ0v) is 13.8. The largest absolute Gasteiger partial charge is 0.452 e. The molecule has 1 saturated heterocycles. The van der Waals surface area contributed by atoms with Crippen molar-refractivity contribution in [2.24, 2.45) is 0 Å². The van der Waals surface area contributed by atoms with E-state index < -0.39 is 35.7 Å². The van der Waals surface area contributed by atoms with E-state index in [1.165, 1.54) is 16.7 Å². The molecule has 0 radical (unpaired) electrons. The van der Waals surface area contributed by atoms with Gasteiger partial charge in [0.05, 0.1) is 5.75 Å². The summed E-state index contributed by atoms with van der Waals surface area (Å²) in [5.74, 6) is -3.93. The number of nitrogens with one attached hydrogen (secondary N) is 1. The number of benzene rings is 1. The van der Waals surface area contributed by atoms with Gasteiger partial charge in [-0.3, -0.25) is 14.5 Å². The number of halogens is 2. The number of hydrogen-bond donors (Lipinski definition) is 1. The molecule has 1 aliphatic heterocycles. The Morgan fingerprint density at radius 3 is 2.58 bits per heavy atom. The van der Waals surface area contributed by atoms with Gasteiger partial charge < -0.3 is 10.1 Å². The normalized spacial score (nSPS) is 14.0. The third kappa shape index (κ3) is 4.48. The number of carbonyl (C=O) groups is 3. The van der Waals surface area contributed by atoms with Gasteiger partial charge in [-0.2, -0.15) is 0 Å². The predicted molar refractivity (Wildman–Crippen MR) is 86.4 cm³/mol. The Hall–Kier alpha value is -2.07. The van der Waals surface area contributed by atoms with Crippen molar-refractivity contribution >= 4 is 46.1 Å². The van der Waals surface area contributed by atoms with E-state index in [0.29, 0.717) is 4.32 Å². The van der Waals surface area contributed by atoms with Crippen molar-refractivity contribution in [3.8, 4) is 0 Å². The molecule has 6 nitrogen and oxygen atoms in total. The highest BCUT2D eigenvalue weighted by Crippen LogP contribution is 2.18. The van der Waals surface area contributed by atoms with Crippen LogP contribution in [0, 0.1) is 11.6 Å². The number of ether oxygens (including phenoxy) is 1. The third-order valence-electron chi connectivity index (χ3n) is 3.00. The van der Waals surface area contributed by atoms with Crippen LogP contribution < -0.4 is 5.32 Å². The van der Waals surface area contributed by atoms with E-state index in [0.717, 1.165) is 18.2 Å². The molecule has 10 heteroatoms. The van der Waals surface area contributed by atoms with E-state index in [1.807, 2.05) is 0 Å². The van der Waals surface area contributed by atoms with E-state index in [1.54, 1.807) is 0 Å². The summed E-state index contributed by atoms with van der Waals surface area (Å²) in [6.07, 6.45) is 0. The van der Waals surface area contributed by atoms with E-state index in [2.05, 4.69) is 10.1 Å². The minimum atomic E-state index is -1.27. The lowest BCUT2D eigenvalue weighted by Crippen LogP contribution is -2.38. The first kappa shape index (κ1) is 18.3. The number of esters is 1. The Labute approximate surface area is 145 Å². The summed E-state index contributed by atoms with van der Waals surface area (Å²) in [5.41, 5.74) is -0.852. The van der Waals surface area contributed by atoms with Crippen LogP contribution in [-0.4, -0.2) is 52.5 Å². The monoisotopic (exact) mass is 374 g/mol. The molecular formula is C14H12F2N2O4S2. The van der Waals surface area contributed by atoms with Crippen LogP contribution >= 0.6 is 24.0 Å². The number of thiocarbonyl (C=S) groups is 1. The molecule has 24 heavy (non-hydrogen) atoms. The van der Waals surface area contributed by atoms with Crippen molar-refractivity contribution in [2.75, 3.05) is 25.4 Å². The number of rotatable bonds is 6. The first-order chi connectivity index (χ1) is 11.4. The molecular weight excluding hydrogens is 362 g/mol. The maximum Gasteiger partial charge on any atom is 0.344 e. The van der Waals surface area contributed by atoms with Gasteiger partial charge in [-0.1, -0.05) is 30.0 Å². The quantitative estimate of drug-likeness (QED) is 0.594. The average molecular weight is 374 g/mol. The molecule has 2 amide bonds. The Morgan fingerprint density at radius 1 is 1.33 bits per heavy atom. The van der Waals surface area contributed by atoms with Crippen LogP contribution in [0.1, 0.15) is 10.4 Å². The van der Waals surface area contributed by atoms with Crippen molar-refractivity contribution in [1.29, 1.82) is 0 Å². The smallest absolute Gasteiger partial charge is 0.344 e. The molecule has 1 fully saturated rings. The average Bonchev–Trinajstić information content (AvgIpc) is 2.84. The van der Waals surface area contributed by atoms with E-state index >= 15 is 0 Å². The fourth-order valence-electron chi connectivity index (χ4n) is 1.85. The molecule has 0 unspecified atom stereocenters. The van der Waals surface area contributed by atoms with Gasteiger partial charge in [-0.15, -0.1) is 0 Å². The van der Waals surface area contributed by atoms with Gasteiger partial charge >= 0.3 is 5.97 Å². The molecule has 0 bridgehead atoms. The zero-order chi connectivity index (χ0) is 17.7. The van der Waals surface area contributed by atoms with E-state index in [4.69, 9.17) is 12.2 Å². The highest BCUT2D eigenvalue weighted by Gasteiger charge is 2.26. The molecule has 1 aromatic carbocycles. The van der Waals surface area contributed by atoms with Crippen molar-refractivity contribution in [3.05, 3.63) is 35.4 Å². The van der Waals surface area contributed by atoms with Crippen LogP contribution in [0.4, 0.5) is 8.78 Å². The molecule has 0 saturated carbocycles. The van der Waals surface area contributed by atoms with Gasteiger partial charge in [0, 0.05) is 13.1 Å². The van der Waals surface area contributed by atoms with Gasteiger partial charge in [0.1, 0.15) is 21.5 Å². The molecule has 0 aromatic heterocycles. The molecule has 0 atom stereocenters. The summed E-state index contributed by atoms with van der Waals surface area (Å²) < 4.78 is 31.8. The second-order valence-corrected chi connectivity index (χ2v) is 6.23. The summed E-state index contributed by atoms with van der Waals surface area (Å²) in [4.78, 5) is 36.0. The standard InChI is InChI=1S/C14H12F2N2O4S2/c15-8-2-1-3-9(16)12(8)13(21)22-6-10(19)17-4-5-18-11(20)7-24-14(18)23/h1-3H,4-7H2,(H,17,19). The zero-order valence-electron chi connectivity index (χ0n) is 12.2. The number of hydrogen-bond acceptors (Lipinski definition) is 6. The molecule has 1 heterocycles. The summed E-state index contributed by atoms with van der Waals surface area (Å²) >= 11 is 6.22. The summed E-state index contributed by atoms with van der Waals surface area (Å²) in [5, 5.41) is 2.42. The fraction of sp³-hybridized carbons (Fsp3) is 0.286. The number of thioether (sulfide) groups is 1. The Kier molecular flexibility index (Phi) is 6.21. The SMILES string of the molecule is O=C(COC(=O)c1c(F)cccc1F)NCCN1C(=O)CSC1=S.